The van der Waals surface area contributed by atoms with Gasteiger partial charge in [-0.1, -0.05) is 30.3 Å². The van der Waals surface area contributed by atoms with Gasteiger partial charge >= 0.3 is 0 Å². The maximum atomic E-state index is 13.8. The topological polar surface area (TPSA) is 158 Å². The van der Waals surface area contributed by atoms with Gasteiger partial charge in [0.15, 0.2) is 23.6 Å². The summed E-state index contributed by atoms with van der Waals surface area (Å²) in [6.07, 6.45) is 1.78. The van der Waals surface area contributed by atoms with Crippen LogP contribution < -0.4 is 26.8 Å². The third-order valence-electron chi connectivity index (χ3n) is 4.96. The highest BCUT2D eigenvalue weighted by Gasteiger charge is 2.29. The molecule has 0 aliphatic carbocycles. The molecule has 0 saturated carbocycles. The van der Waals surface area contributed by atoms with E-state index in [1.807, 2.05) is 6.07 Å². The van der Waals surface area contributed by atoms with Crippen LogP contribution in [-0.2, 0) is 6.61 Å². The minimum atomic E-state index is -0.791. The van der Waals surface area contributed by atoms with Crippen molar-refractivity contribution < 1.29 is 13.5 Å². The van der Waals surface area contributed by atoms with Gasteiger partial charge in [-0.25, -0.2) is 18.8 Å². The number of guanidine groups is 1. The molecular weight excluding hydrogens is 430 g/mol. The fourth-order valence-electron chi connectivity index (χ4n) is 3.39. The first kappa shape index (κ1) is 21.3. The molecule has 0 fully saturated rings. The number of nitrogens with two attached hydrogens (primary N) is 2. The Hall–Kier alpha value is -4.90. The van der Waals surface area contributed by atoms with E-state index in [2.05, 4.69) is 20.6 Å². The van der Waals surface area contributed by atoms with Gasteiger partial charge in [0.05, 0.1) is 5.69 Å². The number of halogens is 2. The van der Waals surface area contributed by atoms with Crippen LogP contribution in [0, 0.1) is 34.4 Å². The third kappa shape index (κ3) is 4.03. The van der Waals surface area contributed by atoms with Crippen LogP contribution in [0.4, 0.5) is 26.1 Å². The van der Waals surface area contributed by atoms with E-state index < -0.39 is 23.4 Å². The van der Waals surface area contributed by atoms with Crippen molar-refractivity contribution in [3.8, 4) is 18.0 Å². The highest BCUT2D eigenvalue weighted by atomic mass is 19.1. The third-order valence-corrected chi connectivity index (χ3v) is 4.96. The Bertz CT molecular complexity index is 1320. The summed E-state index contributed by atoms with van der Waals surface area (Å²) < 4.78 is 32.8. The van der Waals surface area contributed by atoms with Crippen molar-refractivity contribution in [1.29, 1.82) is 10.5 Å². The molecule has 0 radical (unpaired) electrons. The monoisotopic (exact) mass is 446 g/mol. The lowest BCUT2D eigenvalue weighted by molar-refractivity contribution is 0.274. The van der Waals surface area contributed by atoms with Gasteiger partial charge in [0.2, 0.25) is 5.96 Å². The first-order valence-corrected chi connectivity index (χ1v) is 9.57. The average molecular weight is 446 g/mol. The SMILES string of the molecule is N#CNC1=NC(c2ccc(COc3c(F)cccc3F)cc2)c2c(nc(N)c(C#N)c2N)N1. The Morgan fingerprint density at radius 2 is 1.79 bits per heavy atom. The summed E-state index contributed by atoms with van der Waals surface area (Å²) in [5, 5.41) is 23.6. The maximum Gasteiger partial charge on any atom is 0.211 e. The lowest BCUT2D eigenvalue weighted by Crippen LogP contribution is -2.32. The number of benzene rings is 2. The zero-order chi connectivity index (χ0) is 23.5. The number of hydrogen-bond acceptors (Lipinski definition) is 9. The quantitative estimate of drug-likeness (QED) is 0.352. The van der Waals surface area contributed by atoms with Crippen molar-refractivity contribution in [2.45, 2.75) is 12.6 Å². The number of fused-ring (bicyclic) bond motifs is 1. The maximum absolute atomic E-state index is 13.8. The Balaban J connectivity index is 1.66. The average Bonchev–Trinajstić information content (AvgIpc) is 2.79. The van der Waals surface area contributed by atoms with Gasteiger partial charge in [-0.15, -0.1) is 0 Å². The summed E-state index contributed by atoms with van der Waals surface area (Å²) in [6, 6.07) is 11.6. The second-order valence-electron chi connectivity index (χ2n) is 6.98. The first-order chi connectivity index (χ1) is 15.9. The molecule has 2 heterocycles. The van der Waals surface area contributed by atoms with Crippen molar-refractivity contribution >= 4 is 23.3 Å². The highest BCUT2D eigenvalue weighted by Crippen LogP contribution is 2.40. The van der Waals surface area contributed by atoms with Crippen LogP contribution in [0.3, 0.4) is 0 Å². The Kier molecular flexibility index (Phi) is 5.62. The summed E-state index contributed by atoms with van der Waals surface area (Å²) in [5.74, 6) is -1.68. The summed E-state index contributed by atoms with van der Waals surface area (Å²) in [6.45, 7) is -0.0652. The molecule has 9 nitrogen and oxygen atoms in total. The van der Waals surface area contributed by atoms with Crippen molar-refractivity contribution in [3.63, 3.8) is 0 Å². The van der Waals surface area contributed by atoms with E-state index >= 15 is 0 Å². The fraction of sp³-hybridized carbons (Fsp3) is 0.0909. The number of anilines is 3. The van der Waals surface area contributed by atoms with E-state index in [9.17, 15) is 14.0 Å². The normalized spacial score (nSPS) is 14.2. The summed E-state index contributed by atoms with van der Waals surface area (Å²) in [7, 11) is 0. The van der Waals surface area contributed by atoms with Gasteiger partial charge in [-0.05, 0) is 23.3 Å². The van der Waals surface area contributed by atoms with Crippen LogP contribution in [0.1, 0.15) is 28.3 Å². The molecule has 4 rings (SSSR count). The van der Waals surface area contributed by atoms with E-state index in [4.69, 9.17) is 21.5 Å². The molecule has 33 heavy (non-hydrogen) atoms. The van der Waals surface area contributed by atoms with Crippen LogP contribution >= 0.6 is 0 Å². The van der Waals surface area contributed by atoms with Crippen molar-refractivity contribution in [1.82, 2.24) is 10.3 Å². The fourth-order valence-corrected chi connectivity index (χ4v) is 3.39. The molecule has 2 aromatic carbocycles. The number of ether oxygens (including phenoxy) is 1. The Morgan fingerprint density at radius 1 is 1.09 bits per heavy atom. The molecule has 1 atom stereocenters. The molecule has 164 valence electrons. The zero-order valence-electron chi connectivity index (χ0n) is 16.9. The molecular formula is C22H16F2N8O. The minimum absolute atomic E-state index is 0.0318. The predicted molar refractivity (Wildman–Crippen MR) is 117 cm³/mol. The van der Waals surface area contributed by atoms with Gasteiger partial charge in [-0.2, -0.15) is 10.5 Å². The van der Waals surface area contributed by atoms with Crippen LogP contribution in [0.15, 0.2) is 47.5 Å². The molecule has 1 aliphatic heterocycles. The number of rotatable bonds is 4. The van der Waals surface area contributed by atoms with Gasteiger partial charge in [0, 0.05) is 5.56 Å². The van der Waals surface area contributed by atoms with E-state index in [0.717, 1.165) is 12.1 Å². The smallest absolute Gasteiger partial charge is 0.211 e. The van der Waals surface area contributed by atoms with E-state index in [-0.39, 0.29) is 35.5 Å². The molecule has 0 saturated heterocycles. The second kappa shape index (κ2) is 8.69. The number of nitriles is 2. The van der Waals surface area contributed by atoms with E-state index in [1.54, 1.807) is 30.5 Å². The molecule has 0 bridgehead atoms. The number of aromatic nitrogens is 1. The number of nitrogen functional groups attached to an aromatic ring is 2. The Morgan fingerprint density at radius 3 is 2.42 bits per heavy atom. The number of hydrogen-bond donors (Lipinski definition) is 4. The molecule has 1 aliphatic rings. The summed E-state index contributed by atoms with van der Waals surface area (Å²) in [4.78, 5) is 8.66. The van der Waals surface area contributed by atoms with Gasteiger partial charge in [0.25, 0.3) is 0 Å². The molecule has 1 unspecified atom stereocenters. The van der Waals surface area contributed by atoms with Gasteiger partial charge < -0.3 is 21.5 Å². The predicted octanol–water partition coefficient (Wildman–Crippen LogP) is 2.92. The first-order valence-electron chi connectivity index (χ1n) is 9.57. The molecule has 11 heteroatoms. The zero-order valence-corrected chi connectivity index (χ0v) is 16.9. The van der Waals surface area contributed by atoms with Crippen molar-refractivity contribution in [2.75, 3.05) is 16.8 Å². The lowest BCUT2D eigenvalue weighted by atomic mass is 9.94. The van der Waals surface area contributed by atoms with Crippen molar-refractivity contribution in [3.05, 3.63) is 76.4 Å². The second-order valence-corrected chi connectivity index (χ2v) is 6.98. The molecule has 3 aromatic rings. The van der Waals surface area contributed by atoms with Crippen LogP contribution in [-0.4, -0.2) is 10.9 Å². The number of para-hydroxylation sites is 1. The number of nitrogens with zero attached hydrogens (tertiary/aromatic N) is 4. The van der Waals surface area contributed by atoms with Gasteiger partial charge in [-0.3, -0.25) is 5.32 Å². The summed E-state index contributed by atoms with van der Waals surface area (Å²) >= 11 is 0. The molecule has 6 N–H and O–H groups in total. The molecule has 0 spiro atoms. The van der Waals surface area contributed by atoms with Gasteiger partial charge in [0.1, 0.15) is 35.9 Å². The Labute approximate surface area is 186 Å². The largest absolute Gasteiger partial charge is 0.483 e. The highest BCUT2D eigenvalue weighted by molar-refractivity contribution is 5.98. The minimum Gasteiger partial charge on any atom is -0.483 e. The molecule has 1 aromatic heterocycles. The van der Waals surface area contributed by atoms with Crippen molar-refractivity contribution in [2.24, 2.45) is 4.99 Å². The molecule has 0 amide bonds. The van der Waals surface area contributed by atoms with E-state index in [1.165, 1.54) is 6.07 Å². The number of aliphatic imine (C=N–C) groups is 1. The van der Waals surface area contributed by atoms with Crippen LogP contribution in [0.5, 0.6) is 5.75 Å². The lowest BCUT2D eigenvalue weighted by Gasteiger charge is -2.26. The number of nitrogens with one attached hydrogen (secondary N) is 2. The van der Waals surface area contributed by atoms with Crippen LogP contribution in [0.25, 0.3) is 0 Å². The van der Waals surface area contributed by atoms with Crippen LogP contribution in [0.2, 0.25) is 0 Å². The van der Waals surface area contributed by atoms with E-state index in [0.29, 0.717) is 16.7 Å². The summed E-state index contributed by atoms with van der Waals surface area (Å²) in [5.41, 5.74) is 13.9. The standard InChI is InChI=1S/C22H16F2N8O/c23-14-2-1-3-15(24)19(14)33-9-11-4-6-12(7-5-11)18-16-17(27)13(8-25)20(28)31-21(16)32-22(30-18)29-10-26/h1-7,18H,9H2,(H6,27,28,29,30,31,32). The number of pyridine rings is 1.